The number of nitrogens with one attached hydrogen (secondary N) is 1. The molecule has 1 amide bonds. The number of amides is 1. The molecule has 2 heterocycles. The van der Waals surface area contributed by atoms with Crippen LogP contribution in [0.15, 0.2) is 6.07 Å². The van der Waals surface area contributed by atoms with E-state index in [0.717, 1.165) is 18.5 Å². The summed E-state index contributed by atoms with van der Waals surface area (Å²) in [4.78, 5) is 12.8. The molecule has 1 unspecified atom stereocenters. The Hall–Kier alpha value is -1.41. The van der Waals surface area contributed by atoms with Crippen molar-refractivity contribution in [1.29, 1.82) is 0 Å². The Bertz CT molecular complexity index is 754. The van der Waals surface area contributed by atoms with Gasteiger partial charge in [0.15, 0.2) is 9.84 Å². The van der Waals surface area contributed by atoms with Gasteiger partial charge in [0.05, 0.1) is 17.6 Å². The molecule has 148 valence electrons. The lowest BCUT2D eigenvalue weighted by molar-refractivity contribution is -0.117. The number of aryl methyl sites for hydroxylation is 1. The molecule has 7 nitrogen and oxygen atoms in total. The number of aromatic nitrogens is 2. The molecule has 0 bridgehead atoms. The number of anilines is 1. The highest BCUT2D eigenvalue weighted by atomic mass is 32.2. The van der Waals surface area contributed by atoms with E-state index in [9.17, 15) is 13.2 Å². The molecular formula is C18H31N3O4S. The first-order valence-electron chi connectivity index (χ1n) is 9.04. The summed E-state index contributed by atoms with van der Waals surface area (Å²) in [6, 6.07) is 1.78. The number of hydrogen-bond acceptors (Lipinski definition) is 5. The Morgan fingerprint density at radius 2 is 1.96 bits per heavy atom. The van der Waals surface area contributed by atoms with Crippen LogP contribution in [0.2, 0.25) is 0 Å². The summed E-state index contributed by atoms with van der Waals surface area (Å²) < 4.78 is 31.2. The van der Waals surface area contributed by atoms with E-state index < -0.39 is 20.5 Å². The van der Waals surface area contributed by atoms with Gasteiger partial charge < -0.3 is 10.1 Å². The van der Waals surface area contributed by atoms with Crippen LogP contribution in [0.1, 0.15) is 59.6 Å². The topological polar surface area (TPSA) is 90.3 Å². The lowest BCUT2D eigenvalue weighted by Crippen LogP contribution is -2.48. The molecule has 1 aromatic rings. The quantitative estimate of drug-likeness (QED) is 0.841. The van der Waals surface area contributed by atoms with Crippen molar-refractivity contribution in [3.8, 4) is 0 Å². The summed E-state index contributed by atoms with van der Waals surface area (Å²) in [5.74, 6) is -0.208. The molecule has 1 saturated heterocycles. The average Bonchev–Trinajstić information content (AvgIpc) is 2.89. The zero-order valence-electron chi connectivity index (χ0n) is 16.6. The monoisotopic (exact) mass is 385 g/mol. The highest BCUT2D eigenvalue weighted by Gasteiger charge is 2.43. The molecule has 1 N–H and O–H groups in total. The van der Waals surface area contributed by atoms with Gasteiger partial charge in [-0.3, -0.25) is 9.48 Å². The zero-order chi connectivity index (χ0) is 19.8. The summed E-state index contributed by atoms with van der Waals surface area (Å²) in [7, 11) is -1.96. The molecule has 1 fully saturated rings. The van der Waals surface area contributed by atoms with E-state index >= 15 is 0 Å². The van der Waals surface area contributed by atoms with Gasteiger partial charge in [-0.15, -0.1) is 0 Å². The van der Waals surface area contributed by atoms with Crippen molar-refractivity contribution < 1.29 is 17.9 Å². The van der Waals surface area contributed by atoms with Crippen LogP contribution < -0.4 is 5.32 Å². The Labute approximate surface area is 156 Å². The first-order chi connectivity index (χ1) is 11.8. The largest absolute Gasteiger partial charge is 0.377 e. The standard InChI is InChI=1S/C18H31N3O4S/c1-17(2,3)14-11-15(21(6)20-14)19-16(22)18(4,5)26(23,24)12-13-9-7-8-10-25-13/h11,13H,7-10,12H2,1-6H3,(H,19,22). The van der Waals surface area contributed by atoms with Crippen LogP contribution in [0.25, 0.3) is 0 Å². The maximum Gasteiger partial charge on any atom is 0.246 e. The van der Waals surface area contributed by atoms with Crippen LogP contribution >= 0.6 is 0 Å². The van der Waals surface area contributed by atoms with E-state index in [-0.39, 0.29) is 17.3 Å². The van der Waals surface area contributed by atoms with Crippen molar-refractivity contribution in [1.82, 2.24) is 9.78 Å². The van der Waals surface area contributed by atoms with Crippen LogP contribution in [0.3, 0.4) is 0 Å². The smallest absolute Gasteiger partial charge is 0.246 e. The van der Waals surface area contributed by atoms with E-state index in [0.29, 0.717) is 18.8 Å². The van der Waals surface area contributed by atoms with E-state index in [2.05, 4.69) is 10.4 Å². The van der Waals surface area contributed by atoms with Crippen molar-refractivity contribution in [2.75, 3.05) is 17.7 Å². The fourth-order valence-electron chi connectivity index (χ4n) is 2.75. The zero-order valence-corrected chi connectivity index (χ0v) is 17.4. The second-order valence-electron chi connectivity index (χ2n) is 8.52. The van der Waals surface area contributed by atoms with Gasteiger partial charge in [0.25, 0.3) is 0 Å². The van der Waals surface area contributed by atoms with Crippen molar-refractivity contribution >= 4 is 21.6 Å². The molecule has 0 aliphatic carbocycles. The molecule has 1 aliphatic heterocycles. The molecule has 0 aromatic carbocycles. The van der Waals surface area contributed by atoms with Crippen LogP contribution in [-0.4, -0.2) is 47.3 Å². The normalized spacial score (nSPS) is 19.4. The van der Waals surface area contributed by atoms with Gasteiger partial charge >= 0.3 is 0 Å². The molecular weight excluding hydrogens is 354 g/mol. The Morgan fingerprint density at radius 1 is 1.31 bits per heavy atom. The van der Waals surface area contributed by atoms with Gasteiger partial charge in [-0.2, -0.15) is 5.10 Å². The van der Waals surface area contributed by atoms with Crippen LogP contribution in [0, 0.1) is 0 Å². The Kier molecular flexibility index (Phi) is 5.87. The van der Waals surface area contributed by atoms with Gasteiger partial charge in [0, 0.05) is 25.1 Å². The Balaban J connectivity index is 2.15. The summed E-state index contributed by atoms with van der Waals surface area (Å²) in [6.45, 7) is 9.55. The second-order valence-corrected chi connectivity index (χ2v) is 11.1. The third-order valence-corrected chi connectivity index (χ3v) is 7.44. The summed E-state index contributed by atoms with van der Waals surface area (Å²) in [5.41, 5.74) is 0.660. The molecule has 2 rings (SSSR count). The molecule has 0 spiro atoms. The third-order valence-electron chi connectivity index (χ3n) is 4.89. The van der Waals surface area contributed by atoms with Crippen LogP contribution in [-0.2, 0) is 31.8 Å². The minimum absolute atomic E-state index is 0.133. The predicted octanol–water partition coefficient (Wildman–Crippen LogP) is 2.42. The van der Waals surface area contributed by atoms with Gasteiger partial charge in [0.2, 0.25) is 5.91 Å². The number of carbonyl (C=O) groups is 1. The minimum Gasteiger partial charge on any atom is -0.377 e. The van der Waals surface area contributed by atoms with Crippen molar-refractivity contribution in [3.05, 3.63) is 11.8 Å². The van der Waals surface area contributed by atoms with E-state index in [1.54, 1.807) is 17.8 Å². The average molecular weight is 386 g/mol. The van der Waals surface area contributed by atoms with Crippen molar-refractivity contribution in [2.24, 2.45) is 7.05 Å². The highest BCUT2D eigenvalue weighted by molar-refractivity contribution is 7.93. The Morgan fingerprint density at radius 3 is 2.46 bits per heavy atom. The first kappa shape index (κ1) is 20.9. The maximum atomic E-state index is 12.8. The summed E-state index contributed by atoms with van der Waals surface area (Å²) in [5, 5.41) is 7.13. The lowest BCUT2D eigenvalue weighted by atomic mass is 9.92. The van der Waals surface area contributed by atoms with Crippen LogP contribution in [0.4, 0.5) is 5.82 Å². The predicted molar refractivity (Wildman–Crippen MR) is 102 cm³/mol. The SMILES string of the molecule is Cn1nc(C(C)(C)C)cc1NC(=O)C(C)(C)S(=O)(=O)CC1CCCCO1. The maximum absolute atomic E-state index is 12.8. The van der Waals surface area contributed by atoms with Crippen molar-refractivity contribution in [3.63, 3.8) is 0 Å². The first-order valence-corrected chi connectivity index (χ1v) is 10.7. The number of nitrogens with zero attached hydrogens (tertiary/aromatic N) is 2. The third kappa shape index (κ3) is 4.46. The fraction of sp³-hybridized carbons (Fsp3) is 0.778. The van der Waals surface area contributed by atoms with E-state index in [1.165, 1.54) is 13.8 Å². The number of ether oxygens (including phenoxy) is 1. The fourth-order valence-corrected chi connectivity index (χ4v) is 4.25. The van der Waals surface area contributed by atoms with Gasteiger partial charge in [-0.1, -0.05) is 20.8 Å². The second kappa shape index (κ2) is 7.31. The minimum atomic E-state index is -3.68. The van der Waals surface area contributed by atoms with E-state index in [1.807, 2.05) is 20.8 Å². The lowest BCUT2D eigenvalue weighted by Gasteiger charge is -2.28. The number of rotatable bonds is 5. The number of sulfone groups is 1. The molecule has 0 saturated carbocycles. The molecule has 26 heavy (non-hydrogen) atoms. The van der Waals surface area contributed by atoms with Crippen LogP contribution in [0.5, 0.6) is 0 Å². The molecule has 8 heteroatoms. The summed E-state index contributed by atoms with van der Waals surface area (Å²) in [6.07, 6.45) is 2.30. The number of carbonyl (C=O) groups excluding carboxylic acids is 1. The molecule has 1 aromatic heterocycles. The molecule has 0 radical (unpaired) electrons. The molecule has 1 atom stereocenters. The van der Waals surface area contributed by atoms with Crippen molar-refractivity contribution in [2.45, 2.75) is 70.1 Å². The number of hydrogen-bond donors (Lipinski definition) is 1. The van der Waals surface area contributed by atoms with E-state index in [4.69, 9.17) is 4.74 Å². The highest BCUT2D eigenvalue weighted by Crippen LogP contribution is 2.26. The van der Waals surface area contributed by atoms with Gasteiger partial charge in [-0.05, 0) is 33.1 Å². The summed E-state index contributed by atoms with van der Waals surface area (Å²) >= 11 is 0. The molecule has 1 aliphatic rings. The van der Waals surface area contributed by atoms with Gasteiger partial charge in [-0.25, -0.2) is 8.42 Å². The van der Waals surface area contributed by atoms with Gasteiger partial charge in [0.1, 0.15) is 10.6 Å².